The molecule has 8 heteroatoms. The van der Waals surface area contributed by atoms with Gasteiger partial charge in [-0.25, -0.2) is 0 Å². The van der Waals surface area contributed by atoms with Crippen LogP contribution in [0.1, 0.15) is 10.4 Å². The first-order chi connectivity index (χ1) is 13.5. The normalized spacial score (nSPS) is 12.0. The molecule has 0 aliphatic rings. The molecule has 4 rings (SSSR count). The second kappa shape index (κ2) is 7.39. The van der Waals surface area contributed by atoms with Crippen molar-refractivity contribution in [3.05, 3.63) is 85.9 Å². The third-order valence-electron chi connectivity index (χ3n) is 4.11. The number of halogens is 2. The molecule has 0 spiro atoms. The minimum absolute atomic E-state index is 0.134. The number of aromatic nitrogens is 1. The lowest BCUT2D eigenvalue weighted by molar-refractivity contribution is 0.0995. The highest BCUT2D eigenvalue weighted by Crippen LogP contribution is 2.29. The molecular weight excluding hydrogens is 419 g/mol. The van der Waals surface area contributed by atoms with Crippen LogP contribution < -0.4 is 10.2 Å². The zero-order valence-electron chi connectivity index (χ0n) is 14.3. The van der Waals surface area contributed by atoms with Crippen molar-refractivity contribution in [3.63, 3.8) is 0 Å². The second-order valence-electron chi connectivity index (χ2n) is 5.91. The second-order valence-corrected chi connectivity index (χ2v) is 7.76. The number of allylic oxidation sites excluding steroid dienone is 1. The molecule has 0 bridgehead atoms. The number of para-hydroxylation sites is 1. The molecule has 0 aliphatic carbocycles. The Balaban J connectivity index is 1.93. The minimum Gasteiger partial charge on any atom is -0.463 e. The number of rotatable bonds is 3. The molecule has 0 saturated carbocycles. The highest BCUT2D eigenvalue weighted by atomic mass is 35.5. The Hall–Kier alpha value is -2.67. The topological polar surface area (TPSA) is 64.6 Å². The van der Waals surface area contributed by atoms with Gasteiger partial charge in [-0.15, -0.1) is 6.58 Å². The van der Waals surface area contributed by atoms with Gasteiger partial charge in [0.1, 0.15) is 17.4 Å². The zero-order chi connectivity index (χ0) is 19.8. The van der Waals surface area contributed by atoms with Crippen LogP contribution in [0.4, 0.5) is 0 Å². The fraction of sp³-hybridized carbons (Fsp3) is 0.0500. The first-order valence-corrected chi connectivity index (χ1v) is 9.75. The quantitative estimate of drug-likeness (QED) is 0.427. The molecule has 4 aromatic rings. The van der Waals surface area contributed by atoms with Gasteiger partial charge in [-0.1, -0.05) is 52.7 Å². The molecule has 0 aliphatic heterocycles. The van der Waals surface area contributed by atoms with Crippen molar-refractivity contribution in [2.45, 2.75) is 6.54 Å². The van der Waals surface area contributed by atoms with Crippen LogP contribution in [0.3, 0.4) is 0 Å². The van der Waals surface area contributed by atoms with Gasteiger partial charge in [0, 0.05) is 11.6 Å². The molecule has 0 radical (unpaired) electrons. The lowest BCUT2D eigenvalue weighted by Gasteiger charge is -2.03. The summed E-state index contributed by atoms with van der Waals surface area (Å²) in [7, 11) is 0. The minimum atomic E-state index is -0.689. The summed E-state index contributed by atoms with van der Waals surface area (Å²) in [5.41, 5.74) is 0.556. The number of hydrogen-bond donors (Lipinski definition) is 0. The van der Waals surface area contributed by atoms with Crippen molar-refractivity contribution in [2.75, 3.05) is 0 Å². The Morgan fingerprint density at radius 3 is 2.86 bits per heavy atom. The van der Waals surface area contributed by atoms with Crippen LogP contribution in [0.5, 0.6) is 0 Å². The number of nitrogens with zero attached hydrogens (tertiary/aromatic N) is 2. The van der Waals surface area contributed by atoms with E-state index in [0.29, 0.717) is 37.9 Å². The number of amides is 1. The number of carbonyl (C=O) groups excluding carboxylic acids is 1. The van der Waals surface area contributed by atoms with Crippen molar-refractivity contribution < 1.29 is 9.21 Å². The summed E-state index contributed by atoms with van der Waals surface area (Å²) < 4.78 is 7.95. The van der Waals surface area contributed by atoms with E-state index in [4.69, 9.17) is 27.6 Å². The Bertz CT molecular complexity index is 1380. The fourth-order valence-electron chi connectivity index (χ4n) is 2.89. The Morgan fingerprint density at radius 2 is 2.07 bits per heavy atom. The number of fused-ring (bicyclic) bond motifs is 2. The summed E-state index contributed by atoms with van der Waals surface area (Å²) >= 11 is 13.7. The monoisotopic (exact) mass is 430 g/mol. The highest BCUT2D eigenvalue weighted by molar-refractivity contribution is 7.16. The van der Waals surface area contributed by atoms with E-state index < -0.39 is 11.3 Å². The van der Waals surface area contributed by atoms with Gasteiger partial charge >= 0.3 is 0 Å². The largest absolute Gasteiger partial charge is 0.463 e. The molecule has 0 fully saturated rings. The molecule has 1 amide bonds. The third kappa shape index (κ3) is 3.20. The predicted octanol–water partition coefficient (Wildman–Crippen LogP) is 5.04. The van der Waals surface area contributed by atoms with E-state index >= 15 is 0 Å². The van der Waals surface area contributed by atoms with E-state index in [1.807, 2.05) is 0 Å². The van der Waals surface area contributed by atoms with E-state index in [1.165, 1.54) is 11.3 Å². The van der Waals surface area contributed by atoms with Crippen LogP contribution in [0.15, 0.2) is 69.5 Å². The Kier molecular flexibility index (Phi) is 4.93. The molecule has 0 atom stereocenters. The summed E-state index contributed by atoms with van der Waals surface area (Å²) in [5, 5.41) is 1.26. The molecule has 0 saturated heterocycles. The van der Waals surface area contributed by atoms with Crippen LogP contribution in [-0.2, 0) is 6.54 Å². The first kappa shape index (κ1) is 18.7. The van der Waals surface area contributed by atoms with Gasteiger partial charge in [-0.2, -0.15) is 4.99 Å². The highest BCUT2D eigenvalue weighted by Gasteiger charge is 2.16. The zero-order valence-corrected chi connectivity index (χ0v) is 16.6. The number of thiazole rings is 1. The summed E-state index contributed by atoms with van der Waals surface area (Å²) in [4.78, 5) is 29.9. The number of benzene rings is 2. The van der Waals surface area contributed by atoms with E-state index in [1.54, 1.807) is 47.0 Å². The van der Waals surface area contributed by atoms with Crippen molar-refractivity contribution >= 4 is 61.6 Å². The molecule has 140 valence electrons. The summed E-state index contributed by atoms with van der Waals surface area (Å²) in [6.07, 6.45) is 2.82. The van der Waals surface area contributed by atoms with E-state index in [0.717, 1.165) is 11.0 Å². The van der Waals surface area contributed by atoms with Gasteiger partial charge in [-0.05, 0) is 24.3 Å². The molecule has 2 aromatic heterocycles. The molecule has 2 heterocycles. The molecule has 0 unspecified atom stereocenters. The lowest BCUT2D eigenvalue weighted by atomic mass is 10.2. The van der Waals surface area contributed by atoms with Crippen LogP contribution in [-0.4, -0.2) is 10.5 Å². The van der Waals surface area contributed by atoms with Gasteiger partial charge < -0.3 is 8.98 Å². The average molecular weight is 431 g/mol. The van der Waals surface area contributed by atoms with Crippen molar-refractivity contribution in [1.82, 2.24) is 4.57 Å². The standard InChI is InChI=1S/C20H12Cl2N2O3S/c1-2-7-24-17-14(22)8-11(21)9-16(17)28-20(24)23-19(26)13-10-27-15-6-4-3-5-12(15)18(13)25/h2-6,8-10H,1,7H2. The van der Waals surface area contributed by atoms with E-state index in [9.17, 15) is 9.59 Å². The smallest absolute Gasteiger partial charge is 0.286 e. The maximum Gasteiger partial charge on any atom is 0.286 e. The van der Waals surface area contributed by atoms with Gasteiger partial charge in [0.25, 0.3) is 5.91 Å². The summed E-state index contributed by atoms with van der Waals surface area (Å²) in [6.45, 7) is 4.13. The van der Waals surface area contributed by atoms with Gasteiger partial charge in [0.05, 0.1) is 20.6 Å². The van der Waals surface area contributed by atoms with Crippen LogP contribution in [0.2, 0.25) is 10.0 Å². The summed E-state index contributed by atoms with van der Waals surface area (Å²) in [6, 6.07) is 10.1. The molecule has 2 aromatic carbocycles. The van der Waals surface area contributed by atoms with E-state index in [-0.39, 0.29) is 5.56 Å². The molecule has 28 heavy (non-hydrogen) atoms. The van der Waals surface area contributed by atoms with Crippen LogP contribution in [0.25, 0.3) is 21.2 Å². The summed E-state index contributed by atoms with van der Waals surface area (Å²) in [5.74, 6) is -0.689. The van der Waals surface area contributed by atoms with Gasteiger partial charge in [0.2, 0.25) is 5.43 Å². The van der Waals surface area contributed by atoms with Gasteiger partial charge in [0.15, 0.2) is 4.80 Å². The fourth-order valence-corrected chi connectivity index (χ4v) is 4.71. The predicted molar refractivity (Wildman–Crippen MR) is 112 cm³/mol. The molecular formula is C20H12Cl2N2O3S. The average Bonchev–Trinajstić information content (AvgIpc) is 2.99. The lowest BCUT2D eigenvalue weighted by Crippen LogP contribution is -2.19. The molecule has 5 nitrogen and oxygen atoms in total. The Morgan fingerprint density at radius 1 is 1.29 bits per heavy atom. The van der Waals surface area contributed by atoms with Crippen molar-refractivity contribution in [3.8, 4) is 0 Å². The van der Waals surface area contributed by atoms with Gasteiger partial charge in [-0.3, -0.25) is 9.59 Å². The van der Waals surface area contributed by atoms with E-state index in [2.05, 4.69) is 11.6 Å². The number of hydrogen-bond acceptors (Lipinski definition) is 4. The Labute approximate surface area is 172 Å². The maximum absolute atomic E-state index is 12.7. The van der Waals surface area contributed by atoms with Crippen LogP contribution >= 0.6 is 34.5 Å². The maximum atomic E-state index is 12.7. The van der Waals surface area contributed by atoms with Crippen molar-refractivity contribution in [1.29, 1.82) is 0 Å². The van der Waals surface area contributed by atoms with Crippen molar-refractivity contribution in [2.24, 2.45) is 4.99 Å². The van der Waals surface area contributed by atoms with Crippen LogP contribution in [0, 0.1) is 0 Å². The number of carbonyl (C=O) groups is 1. The first-order valence-electron chi connectivity index (χ1n) is 8.18. The molecule has 0 N–H and O–H groups in total. The SMILES string of the molecule is C=CCn1c(=NC(=O)c2coc3ccccc3c2=O)sc2cc(Cl)cc(Cl)c21. The third-order valence-corrected chi connectivity index (χ3v) is 5.65.